The number of halogens is 3. The standard InChI is InChI=1S/C17H12Cl3N3O3S/c1-25-14-5-3-9(18)6-11(14)16-22-23-17(26-16)27-8-15(24)21-13-4-2-10(19)7-12(13)20/h2-7H,8H2,1H3,(H,21,24). The molecule has 2 aromatic carbocycles. The maximum Gasteiger partial charge on any atom is 0.277 e. The SMILES string of the molecule is COc1ccc(Cl)cc1-c1nnc(SCC(=O)Nc2ccc(Cl)cc2Cl)o1. The molecule has 1 heterocycles. The summed E-state index contributed by atoms with van der Waals surface area (Å²) in [5, 5.41) is 12.2. The first-order valence-corrected chi connectivity index (χ1v) is 9.63. The van der Waals surface area contributed by atoms with Crippen LogP contribution in [0.2, 0.25) is 15.1 Å². The molecule has 0 aliphatic carbocycles. The Balaban J connectivity index is 1.64. The average Bonchev–Trinajstić information content (AvgIpc) is 3.11. The second-order valence-corrected chi connectivity index (χ2v) is 7.39. The molecule has 10 heteroatoms. The van der Waals surface area contributed by atoms with Gasteiger partial charge in [0.1, 0.15) is 5.75 Å². The van der Waals surface area contributed by atoms with Crippen LogP contribution in [-0.4, -0.2) is 29.0 Å². The minimum absolute atomic E-state index is 0.0628. The number of benzene rings is 2. The predicted octanol–water partition coefficient (Wildman–Crippen LogP) is 5.44. The van der Waals surface area contributed by atoms with Crippen molar-refractivity contribution in [3.05, 3.63) is 51.5 Å². The second-order valence-electron chi connectivity index (χ2n) is 5.18. The van der Waals surface area contributed by atoms with E-state index in [1.165, 1.54) is 7.11 Å². The highest BCUT2D eigenvalue weighted by atomic mass is 35.5. The summed E-state index contributed by atoms with van der Waals surface area (Å²) in [6.07, 6.45) is 0. The molecule has 3 aromatic rings. The van der Waals surface area contributed by atoms with Gasteiger partial charge in [-0.25, -0.2) is 0 Å². The fourth-order valence-corrected chi connectivity index (χ4v) is 3.32. The topological polar surface area (TPSA) is 77.2 Å². The van der Waals surface area contributed by atoms with Gasteiger partial charge in [-0.1, -0.05) is 46.6 Å². The summed E-state index contributed by atoms with van der Waals surface area (Å²) in [6, 6.07) is 9.88. The van der Waals surface area contributed by atoms with Crippen LogP contribution >= 0.6 is 46.6 Å². The predicted molar refractivity (Wildman–Crippen MR) is 107 cm³/mol. The number of hydrogen-bond acceptors (Lipinski definition) is 6. The molecule has 1 amide bonds. The van der Waals surface area contributed by atoms with E-state index in [0.717, 1.165) is 11.8 Å². The molecular weight excluding hydrogens is 433 g/mol. The van der Waals surface area contributed by atoms with E-state index in [0.29, 0.717) is 32.1 Å². The molecule has 1 aromatic heterocycles. The monoisotopic (exact) mass is 443 g/mol. The molecule has 27 heavy (non-hydrogen) atoms. The average molecular weight is 445 g/mol. The molecule has 0 aliphatic heterocycles. The van der Waals surface area contributed by atoms with Crippen LogP contribution in [0.15, 0.2) is 46.0 Å². The molecule has 0 radical (unpaired) electrons. The Kier molecular flexibility index (Phi) is 6.49. The highest BCUT2D eigenvalue weighted by Gasteiger charge is 2.16. The fourth-order valence-electron chi connectivity index (χ4n) is 2.13. The number of nitrogens with one attached hydrogen (secondary N) is 1. The zero-order valence-electron chi connectivity index (χ0n) is 13.8. The summed E-state index contributed by atoms with van der Waals surface area (Å²) < 4.78 is 10.9. The number of methoxy groups -OCH3 is 1. The van der Waals surface area contributed by atoms with Crippen molar-refractivity contribution in [2.75, 3.05) is 18.2 Å². The Hall–Kier alpha value is -1.93. The smallest absolute Gasteiger partial charge is 0.277 e. The van der Waals surface area contributed by atoms with E-state index >= 15 is 0 Å². The van der Waals surface area contributed by atoms with E-state index in [1.54, 1.807) is 36.4 Å². The molecule has 6 nitrogen and oxygen atoms in total. The summed E-state index contributed by atoms with van der Waals surface area (Å²) in [7, 11) is 1.53. The Bertz CT molecular complexity index is 981. The molecule has 140 valence electrons. The van der Waals surface area contributed by atoms with Crippen molar-refractivity contribution in [3.8, 4) is 17.2 Å². The van der Waals surface area contributed by atoms with Crippen molar-refractivity contribution in [2.45, 2.75) is 5.22 Å². The minimum Gasteiger partial charge on any atom is -0.496 e. The van der Waals surface area contributed by atoms with Gasteiger partial charge in [-0.05, 0) is 36.4 Å². The summed E-state index contributed by atoms with van der Waals surface area (Å²) in [5.74, 6) is 0.588. The van der Waals surface area contributed by atoms with Crippen molar-refractivity contribution in [1.82, 2.24) is 10.2 Å². The van der Waals surface area contributed by atoms with Crippen molar-refractivity contribution in [3.63, 3.8) is 0 Å². The number of aromatic nitrogens is 2. The largest absolute Gasteiger partial charge is 0.496 e. The van der Waals surface area contributed by atoms with Crippen LogP contribution in [0.25, 0.3) is 11.5 Å². The molecule has 0 saturated carbocycles. The van der Waals surface area contributed by atoms with Crippen LogP contribution in [-0.2, 0) is 4.79 Å². The minimum atomic E-state index is -0.274. The van der Waals surface area contributed by atoms with E-state index in [-0.39, 0.29) is 22.8 Å². The normalized spacial score (nSPS) is 10.7. The maximum atomic E-state index is 12.1. The quantitative estimate of drug-likeness (QED) is 0.510. The Labute approximate surface area is 174 Å². The molecule has 1 N–H and O–H groups in total. The number of rotatable bonds is 6. The number of ether oxygens (including phenoxy) is 1. The van der Waals surface area contributed by atoms with Crippen LogP contribution in [0.5, 0.6) is 5.75 Å². The van der Waals surface area contributed by atoms with Crippen LogP contribution in [0.3, 0.4) is 0 Å². The Morgan fingerprint density at radius 1 is 1.15 bits per heavy atom. The number of amides is 1. The van der Waals surface area contributed by atoms with Crippen molar-refractivity contribution in [2.24, 2.45) is 0 Å². The second kappa shape index (κ2) is 8.84. The van der Waals surface area contributed by atoms with E-state index in [9.17, 15) is 4.79 Å². The van der Waals surface area contributed by atoms with Crippen LogP contribution < -0.4 is 10.1 Å². The van der Waals surface area contributed by atoms with Gasteiger partial charge in [0.25, 0.3) is 11.1 Å². The molecule has 0 atom stereocenters. The van der Waals surface area contributed by atoms with Crippen molar-refractivity contribution in [1.29, 1.82) is 0 Å². The van der Waals surface area contributed by atoms with Gasteiger partial charge in [-0.2, -0.15) is 0 Å². The number of anilines is 1. The van der Waals surface area contributed by atoms with E-state index < -0.39 is 0 Å². The lowest BCUT2D eigenvalue weighted by Gasteiger charge is -2.06. The lowest BCUT2D eigenvalue weighted by molar-refractivity contribution is -0.113. The molecular formula is C17H12Cl3N3O3S. The Morgan fingerprint density at radius 3 is 2.63 bits per heavy atom. The van der Waals surface area contributed by atoms with Crippen molar-refractivity contribution >= 4 is 58.2 Å². The number of nitrogens with zero attached hydrogens (tertiary/aromatic N) is 2. The van der Waals surface area contributed by atoms with Gasteiger partial charge in [0.15, 0.2) is 0 Å². The van der Waals surface area contributed by atoms with Gasteiger partial charge in [0.05, 0.1) is 29.1 Å². The molecule has 0 bridgehead atoms. The van der Waals surface area contributed by atoms with Crippen molar-refractivity contribution < 1.29 is 13.9 Å². The first-order valence-electron chi connectivity index (χ1n) is 7.51. The van der Waals surface area contributed by atoms with E-state index in [2.05, 4.69) is 15.5 Å². The van der Waals surface area contributed by atoms with E-state index in [4.69, 9.17) is 44.0 Å². The summed E-state index contributed by atoms with van der Waals surface area (Å²) in [4.78, 5) is 12.1. The Morgan fingerprint density at radius 2 is 1.89 bits per heavy atom. The van der Waals surface area contributed by atoms with Gasteiger partial charge >= 0.3 is 0 Å². The van der Waals surface area contributed by atoms with E-state index in [1.807, 2.05) is 0 Å². The summed E-state index contributed by atoms with van der Waals surface area (Å²) in [6.45, 7) is 0. The van der Waals surface area contributed by atoms with Gasteiger partial charge in [-0.3, -0.25) is 4.79 Å². The van der Waals surface area contributed by atoms with Gasteiger partial charge in [0.2, 0.25) is 5.91 Å². The third-order valence-electron chi connectivity index (χ3n) is 3.33. The van der Waals surface area contributed by atoms with Crippen LogP contribution in [0.4, 0.5) is 5.69 Å². The first kappa shape index (κ1) is 19.8. The number of thioether (sulfide) groups is 1. The lowest BCUT2D eigenvalue weighted by atomic mass is 10.2. The third kappa shape index (κ3) is 5.07. The first-order chi connectivity index (χ1) is 13.0. The van der Waals surface area contributed by atoms with Gasteiger partial charge in [0, 0.05) is 10.0 Å². The molecule has 3 rings (SSSR count). The van der Waals surface area contributed by atoms with Gasteiger partial charge < -0.3 is 14.5 Å². The fraction of sp³-hybridized carbons (Fsp3) is 0.118. The maximum absolute atomic E-state index is 12.1. The number of carbonyl (C=O) groups is 1. The molecule has 0 aliphatic rings. The molecule has 0 fully saturated rings. The number of carbonyl (C=O) groups excluding carboxylic acids is 1. The highest BCUT2D eigenvalue weighted by Crippen LogP contribution is 2.33. The molecule has 0 spiro atoms. The van der Waals surface area contributed by atoms with Crippen LogP contribution in [0.1, 0.15) is 0 Å². The number of hydrogen-bond donors (Lipinski definition) is 1. The summed E-state index contributed by atoms with van der Waals surface area (Å²) >= 11 is 19.0. The molecule has 0 unspecified atom stereocenters. The highest BCUT2D eigenvalue weighted by molar-refractivity contribution is 7.99. The zero-order valence-corrected chi connectivity index (χ0v) is 16.9. The third-order valence-corrected chi connectivity index (χ3v) is 4.93. The lowest BCUT2D eigenvalue weighted by Crippen LogP contribution is -2.14. The summed E-state index contributed by atoms with van der Waals surface area (Å²) in [5.41, 5.74) is 1.04. The van der Waals surface area contributed by atoms with Gasteiger partial charge in [-0.15, -0.1) is 10.2 Å². The molecule has 0 saturated heterocycles. The van der Waals surface area contributed by atoms with Crippen LogP contribution in [0, 0.1) is 0 Å². The zero-order chi connectivity index (χ0) is 19.4.